The van der Waals surface area contributed by atoms with Crippen molar-refractivity contribution in [1.82, 2.24) is 14.5 Å². The summed E-state index contributed by atoms with van der Waals surface area (Å²) in [5.41, 5.74) is 16.1. The van der Waals surface area contributed by atoms with Gasteiger partial charge in [-0.15, -0.1) is 0 Å². The minimum Gasteiger partial charge on any atom is -0.310 e. The zero-order chi connectivity index (χ0) is 42.1. The fraction of sp³-hybridized carbons (Fsp3) is 0.0847. The fourth-order valence-corrected chi connectivity index (χ4v) is 10.2. The number of nitrogens with zero attached hydrogens (tertiary/aromatic N) is 4. The molecule has 0 saturated heterocycles. The standard InChI is InChI=1S/C59H44N4/c1-59(2)49-27-14-15-28-52(49)62(45-22-10-5-11-23-45)54-37-44(33-35-50(54)59)47-25-16-26-48-56-46-24-13-12-19-41(46)34-36-53(56)63(57(47)48)55-38-51(42-20-8-4-9-21-42)60-58(61-55)43-31-29-40(30-32-43)39-17-6-3-7-18-39/h3-13,15-26,28-38H,14,27H2,1-2H3. The van der Waals surface area contributed by atoms with E-state index in [1.807, 2.05) is 0 Å². The number of hydrogen-bond acceptors (Lipinski definition) is 3. The Labute approximate surface area is 367 Å². The molecule has 2 aliphatic rings. The van der Waals surface area contributed by atoms with Crippen molar-refractivity contribution >= 4 is 44.0 Å². The molecule has 0 N–H and O–H groups in total. The van der Waals surface area contributed by atoms with Gasteiger partial charge in [0, 0.05) is 50.3 Å². The van der Waals surface area contributed by atoms with Crippen LogP contribution in [0.1, 0.15) is 32.3 Å². The Morgan fingerprint density at radius 2 is 1.21 bits per heavy atom. The van der Waals surface area contributed by atoms with Crippen LogP contribution < -0.4 is 4.90 Å². The van der Waals surface area contributed by atoms with E-state index in [4.69, 9.17) is 9.97 Å². The van der Waals surface area contributed by atoms with Gasteiger partial charge in [0.15, 0.2) is 5.82 Å². The smallest absolute Gasteiger partial charge is 0.162 e. The third-order valence-corrected chi connectivity index (χ3v) is 13.3. The van der Waals surface area contributed by atoms with Gasteiger partial charge in [-0.1, -0.05) is 184 Å². The molecule has 2 aromatic heterocycles. The van der Waals surface area contributed by atoms with Gasteiger partial charge in [0.1, 0.15) is 5.82 Å². The lowest BCUT2D eigenvalue weighted by atomic mass is 9.70. The third kappa shape index (κ3) is 6.05. The van der Waals surface area contributed by atoms with Crippen LogP contribution in [0.3, 0.4) is 0 Å². The van der Waals surface area contributed by atoms with Crippen LogP contribution >= 0.6 is 0 Å². The van der Waals surface area contributed by atoms with Crippen molar-refractivity contribution < 1.29 is 0 Å². The minimum atomic E-state index is -0.121. The first-order valence-electron chi connectivity index (χ1n) is 22.0. The van der Waals surface area contributed by atoms with Gasteiger partial charge in [0.05, 0.1) is 22.4 Å². The predicted octanol–water partition coefficient (Wildman–Crippen LogP) is 15.4. The Bertz CT molecular complexity index is 3450. The number of hydrogen-bond donors (Lipinski definition) is 0. The van der Waals surface area contributed by atoms with E-state index in [2.05, 4.69) is 230 Å². The van der Waals surface area contributed by atoms with Crippen LogP contribution in [0.25, 0.3) is 83.3 Å². The second-order valence-corrected chi connectivity index (χ2v) is 17.3. The van der Waals surface area contributed by atoms with Crippen LogP contribution in [0.4, 0.5) is 11.4 Å². The van der Waals surface area contributed by atoms with Crippen molar-refractivity contribution in [3.05, 3.63) is 223 Å². The van der Waals surface area contributed by atoms with Gasteiger partial charge in [-0.25, -0.2) is 9.97 Å². The summed E-state index contributed by atoms with van der Waals surface area (Å²) in [5, 5.41) is 4.83. The van der Waals surface area contributed by atoms with Crippen molar-refractivity contribution in [3.63, 3.8) is 0 Å². The lowest BCUT2D eigenvalue weighted by molar-refractivity contribution is 0.571. The Morgan fingerprint density at radius 3 is 2.00 bits per heavy atom. The van der Waals surface area contributed by atoms with Crippen LogP contribution in [-0.4, -0.2) is 14.5 Å². The van der Waals surface area contributed by atoms with Gasteiger partial charge < -0.3 is 4.90 Å². The van der Waals surface area contributed by atoms with Gasteiger partial charge >= 0.3 is 0 Å². The molecule has 0 radical (unpaired) electrons. The summed E-state index contributed by atoms with van der Waals surface area (Å²) in [6.45, 7) is 4.80. The number of benzene rings is 8. The quantitative estimate of drug-likeness (QED) is 0.168. The SMILES string of the molecule is CC1(C)C2=C(C=CCC2)N(c2ccccc2)c2cc(-c3cccc4c5c6ccccc6ccc5n(-c5cc(-c6ccccc6)nc(-c6ccc(-c7ccccc7)cc6)n5)c34)ccc21. The maximum absolute atomic E-state index is 5.51. The number of rotatable bonds is 6. The number of aromatic nitrogens is 3. The third-order valence-electron chi connectivity index (χ3n) is 13.3. The summed E-state index contributed by atoms with van der Waals surface area (Å²) in [4.78, 5) is 13.3. The predicted molar refractivity (Wildman–Crippen MR) is 263 cm³/mol. The van der Waals surface area contributed by atoms with E-state index in [0.29, 0.717) is 5.82 Å². The zero-order valence-electron chi connectivity index (χ0n) is 35.3. The van der Waals surface area contributed by atoms with Crippen LogP contribution in [-0.2, 0) is 5.41 Å². The zero-order valence-corrected chi connectivity index (χ0v) is 35.3. The molecule has 3 heterocycles. The molecule has 0 amide bonds. The summed E-state index contributed by atoms with van der Waals surface area (Å²) in [6.07, 6.45) is 6.80. The first-order valence-corrected chi connectivity index (χ1v) is 22.0. The van der Waals surface area contributed by atoms with Gasteiger partial charge in [-0.3, -0.25) is 4.57 Å². The topological polar surface area (TPSA) is 34.0 Å². The number of allylic oxidation sites excluding steroid dienone is 3. The average Bonchev–Trinajstić information content (AvgIpc) is 3.70. The van der Waals surface area contributed by atoms with E-state index >= 15 is 0 Å². The van der Waals surface area contributed by atoms with E-state index in [0.717, 1.165) is 63.2 Å². The highest BCUT2D eigenvalue weighted by atomic mass is 15.2. The van der Waals surface area contributed by atoms with Gasteiger partial charge in [0.2, 0.25) is 0 Å². The van der Waals surface area contributed by atoms with Crippen LogP contribution in [0.5, 0.6) is 0 Å². The first-order chi connectivity index (χ1) is 31.0. The summed E-state index contributed by atoms with van der Waals surface area (Å²) in [5.74, 6) is 1.50. The molecule has 0 spiro atoms. The summed E-state index contributed by atoms with van der Waals surface area (Å²) < 4.78 is 2.39. The molecular weight excluding hydrogens is 765 g/mol. The molecule has 0 bridgehead atoms. The molecule has 1 aliphatic heterocycles. The Hall–Kier alpha value is -7.82. The fourth-order valence-electron chi connectivity index (χ4n) is 10.2. The van der Waals surface area contributed by atoms with E-state index in [-0.39, 0.29) is 5.41 Å². The highest BCUT2D eigenvalue weighted by molar-refractivity contribution is 6.23. The Balaban J connectivity index is 1.13. The first kappa shape index (κ1) is 37.0. The molecule has 8 aromatic carbocycles. The molecule has 0 unspecified atom stereocenters. The highest BCUT2D eigenvalue weighted by Gasteiger charge is 2.39. The normalized spacial score (nSPS) is 14.3. The molecule has 0 atom stereocenters. The van der Waals surface area contributed by atoms with E-state index in [1.54, 1.807) is 0 Å². The molecular formula is C59H44N4. The minimum absolute atomic E-state index is 0.121. The van der Waals surface area contributed by atoms with Crippen LogP contribution in [0.2, 0.25) is 0 Å². The van der Waals surface area contributed by atoms with Crippen molar-refractivity contribution in [1.29, 1.82) is 0 Å². The summed E-state index contributed by atoms with van der Waals surface area (Å²) in [6, 6.07) is 69.9. The largest absolute Gasteiger partial charge is 0.310 e. The molecule has 12 rings (SSSR count). The van der Waals surface area contributed by atoms with E-state index in [1.165, 1.54) is 55.3 Å². The monoisotopic (exact) mass is 808 g/mol. The van der Waals surface area contributed by atoms with Gasteiger partial charge in [-0.05, 0) is 81.8 Å². The highest BCUT2D eigenvalue weighted by Crippen LogP contribution is 2.52. The second-order valence-electron chi connectivity index (χ2n) is 17.3. The van der Waals surface area contributed by atoms with Gasteiger partial charge in [-0.2, -0.15) is 0 Å². The number of anilines is 2. The van der Waals surface area contributed by atoms with E-state index in [9.17, 15) is 0 Å². The van der Waals surface area contributed by atoms with E-state index < -0.39 is 0 Å². The Kier molecular flexibility index (Phi) is 8.62. The molecule has 0 saturated carbocycles. The van der Waals surface area contributed by atoms with Gasteiger partial charge in [0.25, 0.3) is 0 Å². The van der Waals surface area contributed by atoms with Crippen LogP contribution in [0.15, 0.2) is 218 Å². The lowest BCUT2D eigenvalue weighted by Crippen LogP contribution is -2.34. The maximum atomic E-state index is 5.51. The Morgan fingerprint density at radius 1 is 0.540 bits per heavy atom. The second kappa shape index (κ2) is 14.7. The molecule has 1 aliphatic carbocycles. The lowest BCUT2D eigenvalue weighted by Gasteiger charge is -2.44. The number of para-hydroxylation sites is 2. The molecule has 4 heteroatoms. The van der Waals surface area contributed by atoms with Crippen molar-refractivity contribution in [2.45, 2.75) is 32.1 Å². The molecule has 4 nitrogen and oxygen atoms in total. The van der Waals surface area contributed by atoms with Crippen LogP contribution in [0, 0.1) is 0 Å². The van der Waals surface area contributed by atoms with Crippen molar-refractivity contribution in [3.8, 4) is 50.7 Å². The summed E-state index contributed by atoms with van der Waals surface area (Å²) >= 11 is 0. The van der Waals surface area contributed by atoms with Crippen molar-refractivity contribution in [2.24, 2.45) is 0 Å². The molecule has 0 fully saturated rings. The molecule has 300 valence electrons. The van der Waals surface area contributed by atoms with Crippen molar-refractivity contribution in [2.75, 3.05) is 4.90 Å². The molecule has 10 aromatic rings. The molecule has 63 heavy (non-hydrogen) atoms. The maximum Gasteiger partial charge on any atom is 0.162 e. The average molecular weight is 809 g/mol. The summed E-state index contributed by atoms with van der Waals surface area (Å²) in [7, 11) is 0. The number of fused-ring (bicyclic) bond motifs is 6.